The van der Waals surface area contributed by atoms with Crippen molar-refractivity contribution in [2.24, 2.45) is 0 Å². The fourth-order valence-electron chi connectivity index (χ4n) is 1.50. The van der Waals surface area contributed by atoms with Crippen molar-refractivity contribution in [3.8, 4) is 6.19 Å². The van der Waals surface area contributed by atoms with E-state index in [2.05, 4.69) is 13.1 Å². The maximum absolute atomic E-state index is 9.07. The van der Waals surface area contributed by atoms with Crippen LogP contribution in [0.15, 0.2) is 24.3 Å². The third kappa shape index (κ3) is 4.43. The second-order valence-corrected chi connectivity index (χ2v) is 3.61. The molecule has 0 unspecified atom stereocenters. The Hall–Kier alpha value is -1.57. The smallest absolute Gasteiger partial charge is 0.184 e. The van der Waals surface area contributed by atoms with Crippen molar-refractivity contribution in [1.82, 2.24) is 0 Å². The lowest BCUT2D eigenvalue weighted by molar-refractivity contribution is 0.0976. The van der Waals surface area contributed by atoms with Gasteiger partial charge in [0.15, 0.2) is 6.19 Å². The highest BCUT2D eigenvalue weighted by Gasteiger charge is 2.05. The number of nitriles is 1. The maximum atomic E-state index is 9.07. The molecule has 0 amide bonds. The molecule has 17 heavy (non-hydrogen) atoms. The molecule has 1 aromatic rings. The number of ether oxygens (including phenoxy) is 1. The Bertz CT molecular complexity index is 374. The van der Waals surface area contributed by atoms with Crippen LogP contribution in [0.1, 0.15) is 12.5 Å². The van der Waals surface area contributed by atoms with E-state index in [1.807, 2.05) is 24.3 Å². The van der Waals surface area contributed by atoms with Gasteiger partial charge >= 0.3 is 0 Å². The molecule has 0 aromatic heterocycles. The SMILES string of the molecule is CCc1cccc(N(C#N)CCOCCO)c1. The normalized spacial score (nSPS) is 9.94. The molecule has 92 valence electrons. The molecule has 0 heterocycles. The van der Waals surface area contributed by atoms with Crippen molar-refractivity contribution in [3.05, 3.63) is 29.8 Å². The van der Waals surface area contributed by atoms with Gasteiger partial charge in [-0.1, -0.05) is 19.1 Å². The van der Waals surface area contributed by atoms with Crippen molar-refractivity contribution >= 4 is 5.69 Å². The highest BCUT2D eigenvalue weighted by molar-refractivity contribution is 5.52. The van der Waals surface area contributed by atoms with Crippen molar-refractivity contribution in [2.75, 3.05) is 31.3 Å². The summed E-state index contributed by atoms with van der Waals surface area (Å²) in [5.41, 5.74) is 2.10. The van der Waals surface area contributed by atoms with Crippen molar-refractivity contribution in [1.29, 1.82) is 5.26 Å². The molecule has 0 saturated heterocycles. The summed E-state index contributed by atoms with van der Waals surface area (Å²) in [6, 6.07) is 7.91. The summed E-state index contributed by atoms with van der Waals surface area (Å²) in [5, 5.41) is 17.6. The number of nitrogens with zero attached hydrogens (tertiary/aromatic N) is 2. The van der Waals surface area contributed by atoms with Gasteiger partial charge in [-0.15, -0.1) is 0 Å². The zero-order chi connectivity index (χ0) is 12.5. The van der Waals surface area contributed by atoms with Crippen LogP contribution in [-0.2, 0) is 11.2 Å². The van der Waals surface area contributed by atoms with Gasteiger partial charge in [0.1, 0.15) is 0 Å². The van der Waals surface area contributed by atoms with Gasteiger partial charge in [-0.25, -0.2) is 0 Å². The number of benzene rings is 1. The average molecular weight is 234 g/mol. The first kappa shape index (κ1) is 13.5. The molecule has 4 heteroatoms. The molecule has 0 aliphatic carbocycles. The van der Waals surface area contributed by atoms with Gasteiger partial charge in [-0.3, -0.25) is 4.90 Å². The zero-order valence-corrected chi connectivity index (χ0v) is 10.1. The molecule has 0 radical (unpaired) electrons. The number of rotatable bonds is 7. The quantitative estimate of drug-likeness (QED) is 0.442. The van der Waals surface area contributed by atoms with E-state index >= 15 is 0 Å². The molecule has 1 aromatic carbocycles. The van der Waals surface area contributed by atoms with Gasteiger partial charge in [0.2, 0.25) is 0 Å². The highest BCUT2D eigenvalue weighted by Crippen LogP contribution is 2.15. The minimum atomic E-state index is 0.0118. The lowest BCUT2D eigenvalue weighted by Crippen LogP contribution is -2.22. The summed E-state index contributed by atoms with van der Waals surface area (Å²) < 4.78 is 5.15. The predicted octanol–water partition coefficient (Wildman–Crippen LogP) is 1.55. The summed E-state index contributed by atoms with van der Waals surface area (Å²) in [6.45, 7) is 3.35. The summed E-state index contributed by atoms with van der Waals surface area (Å²) in [6.07, 6.45) is 3.09. The lowest BCUT2D eigenvalue weighted by atomic mass is 10.1. The average Bonchev–Trinajstić information content (AvgIpc) is 2.39. The topological polar surface area (TPSA) is 56.5 Å². The van der Waals surface area contributed by atoms with Gasteiger partial charge in [0.05, 0.1) is 32.1 Å². The fraction of sp³-hybridized carbons (Fsp3) is 0.462. The summed E-state index contributed by atoms with van der Waals surface area (Å²) >= 11 is 0. The van der Waals surface area contributed by atoms with E-state index in [-0.39, 0.29) is 6.61 Å². The number of hydrogen-bond donors (Lipinski definition) is 1. The van der Waals surface area contributed by atoms with Crippen LogP contribution < -0.4 is 4.90 Å². The standard InChI is InChI=1S/C13H18N2O2/c1-2-12-4-3-5-13(10-12)15(11-14)6-8-17-9-7-16/h3-5,10,16H,2,6-9H2,1H3. The first-order valence-electron chi connectivity index (χ1n) is 5.76. The Morgan fingerprint density at radius 1 is 1.41 bits per heavy atom. The van der Waals surface area contributed by atoms with Crippen LogP contribution in [0.4, 0.5) is 5.69 Å². The van der Waals surface area contributed by atoms with Gasteiger partial charge in [0.25, 0.3) is 0 Å². The third-order valence-electron chi connectivity index (χ3n) is 2.45. The van der Waals surface area contributed by atoms with Crippen molar-refractivity contribution < 1.29 is 9.84 Å². The van der Waals surface area contributed by atoms with Gasteiger partial charge in [-0.05, 0) is 24.1 Å². The van der Waals surface area contributed by atoms with Crippen LogP contribution in [0.25, 0.3) is 0 Å². The highest BCUT2D eigenvalue weighted by atomic mass is 16.5. The lowest BCUT2D eigenvalue weighted by Gasteiger charge is -2.16. The molecule has 0 aliphatic rings. The Morgan fingerprint density at radius 2 is 2.24 bits per heavy atom. The molecule has 0 fully saturated rings. The number of aliphatic hydroxyl groups is 1. The minimum Gasteiger partial charge on any atom is -0.394 e. The first-order valence-corrected chi connectivity index (χ1v) is 5.76. The maximum Gasteiger partial charge on any atom is 0.184 e. The number of aliphatic hydroxyl groups excluding tert-OH is 1. The van der Waals surface area contributed by atoms with E-state index in [0.29, 0.717) is 19.8 Å². The Labute approximate surface area is 102 Å². The molecule has 0 saturated carbocycles. The Morgan fingerprint density at radius 3 is 2.88 bits per heavy atom. The van der Waals surface area contributed by atoms with E-state index < -0.39 is 0 Å². The number of aryl methyl sites for hydroxylation is 1. The van der Waals surface area contributed by atoms with Crippen LogP contribution in [0.2, 0.25) is 0 Å². The van der Waals surface area contributed by atoms with E-state index in [1.54, 1.807) is 4.90 Å². The summed E-state index contributed by atoms with van der Waals surface area (Å²) in [7, 11) is 0. The van der Waals surface area contributed by atoms with Gasteiger partial charge in [0, 0.05) is 0 Å². The molecule has 0 spiro atoms. The summed E-state index contributed by atoms with van der Waals surface area (Å²) in [5.74, 6) is 0. The molecular formula is C13H18N2O2. The van der Waals surface area contributed by atoms with Gasteiger partial charge in [-0.2, -0.15) is 5.26 Å². The molecule has 0 bridgehead atoms. The van der Waals surface area contributed by atoms with Crippen LogP contribution in [0.3, 0.4) is 0 Å². The van der Waals surface area contributed by atoms with Crippen LogP contribution in [0, 0.1) is 11.5 Å². The molecule has 0 aliphatic heterocycles. The second kappa shape index (κ2) is 7.66. The zero-order valence-electron chi connectivity index (χ0n) is 10.1. The van der Waals surface area contributed by atoms with Crippen LogP contribution >= 0.6 is 0 Å². The van der Waals surface area contributed by atoms with Crippen molar-refractivity contribution in [2.45, 2.75) is 13.3 Å². The third-order valence-corrected chi connectivity index (χ3v) is 2.45. The molecule has 4 nitrogen and oxygen atoms in total. The molecule has 1 N–H and O–H groups in total. The van der Waals surface area contributed by atoms with E-state index in [4.69, 9.17) is 15.1 Å². The number of hydrogen-bond acceptors (Lipinski definition) is 4. The van der Waals surface area contributed by atoms with E-state index in [0.717, 1.165) is 12.1 Å². The summed E-state index contributed by atoms with van der Waals surface area (Å²) in [4.78, 5) is 1.59. The van der Waals surface area contributed by atoms with E-state index in [1.165, 1.54) is 5.56 Å². The predicted molar refractivity (Wildman–Crippen MR) is 66.7 cm³/mol. The van der Waals surface area contributed by atoms with E-state index in [9.17, 15) is 0 Å². The minimum absolute atomic E-state index is 0.0118. The van der Waals surface area contributed by atoms with Crippen LogP contribution in [-0.4, -0.2) is 31.5 Å². The molecule has 1 rings (SSSR count). The van der Waals surface area contributed by atoms with Crippen LogP contribution in [0.5, 0.6) is 0 Å². The van der Waals surface area contributed by atoms with Crippen molar-refractivity contribution in [3.63, 3.8) is 0 Å². The fourth-order valence-corrected chi connectivity index (χ4v) is 1.50. The Kier molecular flexibility index (Phi) is 6.08. The molecular weight excluding hydrogens is 216 g/mol. The second-order valence-electron chi connectivity index (χ2n) is 3.61. The Balaban J connectivity index is 2.57. The monoisotopic (exact) mass is 234 g/mol. The largest absolute Gasteiger partial charge is 0.394 e. The molecule has 0 atom stereocenters. The van der Waals surface area contributed by atoms with Gasteiger partial charge < -0.3 is 9.84 Å². The first-order chi connectivity index (χ1) is 8.31. The number of anilines is 1.